The molecule has 0 radical (unpaired) electrons. The minimum Gasteiger partial charge on any atom is -0.489 e. The van der Waals surface area contributed by atoms with Gasteiger partial charge in [-0.25, -0.2) is 0 Å². The molecule has 0 amide bonds. The number of aromatic nitrogens is 3. The lowest BCUT2D eigenvalue weighted by atomic mass is 10.1. The lowest BCUT2D eigenvalue weighted by Gasteiger charge is -2.10. The Kier molecular flexibility index (Phi) is 11.2. The summed E-state index contributed by atoms with van der Waals surface area (Å²) < 4.78 is 8.60. The van der Waals surface area contributed by atoms with Gasteiger partial charge in [-0.15, -0.1) is 0 Å². The summed E-state index contributed by atoms with van der Waals surface area (Å²) in [6, 6.07) is 18.3. The molecule has 0 unspecified atom stereocenters. The predicted molar refractivity (Wildman–Crippen MR) is 140 cm³/mol. The maximum absolute atomic E-state index is 5.91. The Morgan fingerprint density at radius 1 is 0.788 bits per heavy atom. The second-order valence-corrected chi connectivity index (χ2v) is 9.22. The van der Waals surface area contributed by atoms with Gasteiger partial charge in [0.05, 0.1) is 0 Å². The van der Waals surface area contributed by atoms with Crippen LogP contribution in [0.25, 0.3) is 5.69 Å². The van der Waals surface area contributed by atoms with E-state index in [1.165, 1.54) is 64.2 Å². The number of aryl methyl sites for hydroxylation is 1. The molecular weight excluding hydrogens is 426 g/mol. The lowest BCUT2D eigenvalue weighted by molar-refractivity contribution is 0.306. The van der Waals surface area contributed by atoms with E-state index in [1.54, 1.807) is 0 Å². The van der Waals surface area contributed by atoms with Gasteiger partial charge in [0, 0.05) is 12.1 Å². The van der Waals surface area contributed by atoms with Crippen LogP contribution in [0.2, 0.25) is 0 Å². The number of H-pyrrole nitrogens is 1. The van der Waals surface area contributed by atoms with E-state index in [1.807, 2.05) is 34.9 Å². The average molecular weight is 466 g/mol. The van der Waals surface area contributed by atoms with Gasteiger partial charge in [-0.3, -0.25) is 9.67 Å². The normalized spacial score (nSPS) is 11.1. The minimum absolute atomic E-state index is 0.565. The number of hydrogen-bond acceptors (Lipinski definition) is 3. The summed E-state index contributed by atoms with van der Waals surface area (Å²) in [6.07, 6.45) is 15.7. The summed E-state index contributed by atoms with van der Waals surface area (Å²) in [5, 5.41) is 7.46. The molecule has 4 nitrogen and oxygen atoms in total. The zero-order valence-electron chi connectivity index (χ0n) is 20.1. The van der Waals surface area contributed by atoms with E-state index in [4.69, 9.17) is 17.0 Å². The largest absolute Gasteiger partial charge is 0.489 e. The molecule has 2 aromatic carbocycles. The fourth-order valence-electron chi connectivity index (χ4n) is 4.14. The van der Waals surface area contributed by atoms with Gasteiger partial charge in [0.15, 0.2) is 4.77 Å². The molecule has 0 saturated carbocycles. The van der Waals surface area contributed by atoms with Crippen molar-refractivity contribution in [2.45, 2.75) is 90.6 Å². The average Bonchev–Trinajstić information content (AvgIpc) is 3.22. The first-order valence-electron chi connectivity index (χ1n) is 12.7. The molecule has 33 heavy (non-hydrogen) atoms. The first-order valence-corrected chi connectivity index (χ1v) is 13.1. The third kappa shape index (κ3) is 8.81. The molecule has 0 saturated heterocycles. The van der Waals surface area contributed by atoms with Crippen LogP contribution < -0.4 is 4.74 Å². The van der Waals surface area contributed by atoms with Crippen molar-refractivity contribution in [3.05, 3.63) is 70.8 Å². The molecule has 5 heteroatoms. The molecule has 1 aromatic heterocycles. The van der Waals surface area contributed by atoms with Gasteiger partial charge in [0.25, 0.3) is 0 Å². The van der Waals surface area contributed by atoms with Crippen LogP contribution in [0.5, 0.6) is 5.75 Å². The van der Waals surface area contributed by atoms with E-state index >= 15 is 0 Å². The molecule has 0 spiro atoms. The highest BCUT2D eigenvalue weighted by molar-refractivity contribution is 7.71. The topological polar surface area (TPSA) is 42.8 Å². The van der Waals surface area contributed by atoms with E-state index in [0.29, 0.717) is 11.4 Å². The molecule has 0 atom stereocenters. The van der Waals surface area contributed by atoms with Crippen molar-refractivity contribution in [1.82, 2.24) is 14.8 Å². The summed E-state index contributed by atoms with van der Waals surface area (Å²) in [4.78, 5) is 0. The number of rotatable bonds is 16. The summed E-state index contributed by atoms with van der Waals surface area (Å²) in [7, 11) is 0. The van der Waals surface area contributed by atoms with E-state index in [9.17, 15) is 0 Å². The Morgan fingerprint density at radius 2 is 1.39 bits per heavy atom. The highest BCUT2D eigenvalue weighted by atomic mass is 32.1. The van der Waals surface area contributed by atoms with Crippen LogP contribution in [-0.2, 0) is 13.0 Å². The monoisotopic (exact) mass is 465 g/mol. The van der Waals surface area contributed by atoms with Crippen LogP contribution in [0, 0.1) is 4.77 Å². The summed E-state index contributed by atoms with van der Waals surface area (Å²) in [5.74, 6) is 1.86. The zero-order valence-corrected chi connectivity index (χ0v) is 20.9. The highest BCUT2D eigenvalue weighted by Gasteiger charge is 2.09. The van der Waals surface area contributed by atoms with Crippen molar-refractivity contribution in [3.63, 3.8) is 0 Å². The standard InChI is InChI=1S/C28H39N3OS/c1-2-3-4-5-6-7-8-9-10-11-15-18-27-29-30-28(33)31(27)25-19-21-26(22-20-25)32-23-24-16-13-12-14-17-24/h12-14,16-17,19-22H,2-11,15,18,23H2,1H3,(H,30,33). The summed E-state index contributed by atoms with van der Waals surface area (Å²) in [6.45, 7) is 2.84. The van der Waals surface area contributed by atoms with Gasteiger partial charge >= 0.3 is 0 Å². The van der Waals surface area contributed by atoms with Gasteiger partial charge in [-0.2, -0.15) is 5.10 Å². The maximum atomic E-state index is 5.91. The SMILES string of the molecule is CCCCCCCCCCCCCc1n[nH]c(=S)n1-c1ccc(OCc2ccccc2)cc1. The predicted octanol–water partition coefficient (Wildman–Crippen LogP) is 8.36. The molecule has 1 heterocycles. The number of benzene rings is 2. The van der Waals surface area contributed by atoms with Crippen molar-refractivity contribution in [3.8, 4) is 11.4 Å². The number of ether oxygens (including phenoxy) is 1. The first kappa shape index (κ1) is 25.2. The van der Waals surface area contributed by atoms with Crippen LogP contribution in [0.4, 0.5) is 0 Å². The Balaban J connectivity index is 1.40. The number of unbranched alkanes of at least 4 members (excludes halogenated alkanes) is 10. The van der Waals surface area contributed by atoms with E-state index < -0.39 is 0 Å². The lowest BCUT2D eigenvalue weighted by Crippen LogP contribution is -2.02. The molecule has 0 bridgehead atoms. The number of nitrogens with zero attached hydrogens (tertiary/aromatic N) is 2. The molecule has 3 rings (SSSR count). The zero-order chi connectivity index (χ0) is 23.1. The van der Waals surface area contributed by atoms with E-state index in [-0.39, 0.29) is 0 Å². The molecule has 0 fully saturated rings. The second kappa shape index (κ2) is 14.7. The molecule has 0 aliphatic heterocycles. The Bertz CT molecular complexity index is 963. The van der Waals surface area contributed by atoms with Crippen molar-refractivity contribution in [2.75, 3.05) is 0 Å². The molecule has 3 aromatic rings. The van der Waals surface area contributed by atoms with Crippen molar-refractivity contribution in [2.24, 2.45) is 0 Å². The van der Waals surface area contributed by atoms with Gasteiger partial charge in [0.2, 0.25) is 0 Å². The minimum atomic E-state index is 0.565. The Labute approximate surface area is 204 Å². The van der Waals surface area contributed by atoms with Crippen LogP contribution in [-0.4, -0.2) is 14.8 Å². The van der Waals surface area contributed by atoms with Crippen LogP contribution in [0.3, 0.4) is 0 Å². The summed E-state index contributed by atoms with van der Waals surface area (Å²) >= 11 is 5.50. The highest BCUT2D eigenvalue weighted by Crippen LogP contribution is 2.19. The van der Waals surface area contributed by atoms with E-state index in [2.05, 4.69) is 41.4 Å². The fourth-order valence-corrected chi connectivity index (χ4v) is 4.40. The van der Waals surface area contributed by atoms with Crippen LogP contribution in [0.1, 0.15) is 88.9 Å². The number of nitrogens with one attached hydrogen (secondary N) is 1. The Hall–Kier alpha value is -2.40. The Morgan fingerprint density at radius 3 is 2.03 bits per heavy atom. The summed E-state index contributed by atoms with van der Waals surface area (Å²) in [5.41, 5.74) is 2.19. The third-order valence-corrected chi connectivity index (χ3v) is 6.36. The second-order valence-electron chi connectivity index (χ2n) is 8.83. The van der Waals surface area contributed by atoms with Gasteiger partial charge in [-0.05, 0) is 48.5 Å². The smallest absolute Gasteiger partial charge is 0.199 e. The third-order valence-electron chi connectivity index (χ3n) is 6.09. The van der Waals surface area contributed by atoms with Gasteiger partial charge in [-0.1, -0.05) is 101 Å². The molecule has 0 aliphatic carbocycles. The number of hydrogen-bond donors (Lipinski definition) is 1. The first-order chi connectivity index (χ1) is 16.3. The number of aromatic amines is 1. The fraction of sp³-hybridized carbons (Fsp3) is 0.500. The molecule has 1 N–H and O–H groups in total. The van der Waals surface area contributed by atoms with Gasteiger partial charge in [0.1, 0.15) is 18.2 Å². The van der Waals surface area contributed by atoms with Crippen LogP contribution in [0.15, 0.2) is 54.6 Å². The molecule has 178 valence electrons. The van der Waals surface area contributed by atoms with Crippen molar-refractivity contribution in [1.29, 1.82) is 0 Å². The van der Waals surface area contributed by atoms with Crippen molar-refractivity contribution < 1.29 is 4.74 Å². The van der Waals surface area contributed by atoms with E-state index in [0.717, 1.165) is 35.7 Å². The van der Waals surface area contributed by atoms with Crippen LogP contribution >= 0.6 is 12.2 Å². The molecular formula is C28H39N3OS. The molecule has 0 aliphatic rings. The maximum Gasteiger partial charge on any atom is 0.199 e. The van der Waals surface area contributed by atoms with Gasteiger partial charge < -0.3 is 4.74 Å². The quantitative estimate of drug-likeness (QED) is 0.171. The van der Waals surface area contributed by atoms with Crippen molar-refractivity contribution >= 4 is 12.2 Å².